The quantitative estimate of drug-likeness (QED) is 0.268. The summed E-state index contributed by atoms with van der Waals surface area (Å²) in [6, 6.07) is -0.465. The van der Waals surface area contributed by atoms with Gasteiger partial charge in [-0.15, -0.1) is 0 Å². The maximum atomic E-state index is 10.9. The molecule has 6 nitrogen and oxygen atoms in total. The molecule has 100 valence electrons. The average molecular weight is 244 g/mol. The summed E-state index contributed by atoms with van der Waals surface area (Å²) in [7, 11) is 0. The van der Waals surface area contributed by atoms with Crippen LogP contribution in [0.1, 0.15) is 33.1 Å². The van der Waals surface area contributed by atoms with Gasteiger partial charge in [-0.3, -0.25) is 10.2 Å². The minimum Gasteiger partial charge on any atom is -0.480 e. The number of unbranched alkanes of at least 4 members (excludes halogenated alkanes) is 1. The van der Waals surface area contributed by atoms with Crippen molar-refractivity contribution >= 4 is 11.9 Å². The van der Waals surface area contributed by atoms with Gasteiger partial charge in [0.2, 0.25) is 0 Å². The van der Waals surface area contributed by atoms with Gasteiger partial charge in [-0.2, -0.15) is 0 Å². The van der Waals surface area contributed by atoms with E-state index in [1.807, 2.05) is 13.8 Å². The molecule has 0 fully saturated rings. The predicted octanol–water partition coefficient (Wildman–Crippen LogP) is 0.435. The molecule has 0 aromatic carbocycles. The van der Waals surface area contributed by atoms with Crippen molar-refractivity contribution in [3.63, 3.8) is 0 Å². The summed E-state index contributed by atoms with van der Waals surface area (Å²) in [4.78, 5) is 12.6. The van der Waals surface area contributed by atoms with Gasteiger partial charge < -0.3 is 21.1 Å². The smallest absolute Gasteiger partial charge is 0.320 e. The number of carboxylic acid groups (broad SMARTS) is 1. The zero-order valence-corrected chi connectivity index (χ0v) is 10.7. The van der Waals surface area contributed by atoms with Crippen LogP contribution in [0.3, 0.4) is 0 Å². The van der Waals surface area contributed by atoms with Gasteiger partial charge in [-0.1, -0.05) is 6.92 Å². The van der Waals surface area contributed by atoms with Crippen molar-refractivity contribution in [1.29, 1.82) is 5.41 Å². The summed E-state index contributed by atoms with van der Waals surface area (Å²) in [5.41, 5.74) is 5.39. The number of aliphatic carboxylic acids is 1. The molecule has 0 aliphatic rings. The molecule has 5 N–H and O–H groups in total. The van der Waals surface area contributed by atoms with Crippen LogP contribution in [0.2, 0.25) is 0 Å². The van der Waals surface area contributed by atoms with E-state index in [-0.39, 0.29) is 5.96 Å². The van der Waals surface area contributed by atoms with Crippen molar-refractivity contribution in [2.24, 2.45) is 5.73 Å². The fraction of sp³-hybridized carbons (Fsp3) is 0.818. The van der Waals surface area contributed by atoms with Crippen LogP contribution in [0, 0.1) is 5.41 Å². The van der Waals surface area contributed by atoms with Crippen LogP contribution in [-0.2, 0) is 4.79 Å². The maximum Gasteiger partial charge on any atom is 0.320 e. The number of hydrogen-bond donors (Lipinski definition) is 4. The second-order valence-electron chi connectivity index (χ2n) is 3.91. The zero-order chi connectivity index (χ0) is 13.3. The first kappa shape index (κ1) is 15.7. The first-order valence-electron chi connectivity index (χ1n) is 6.08. The van der Waals surface area contributed by atoms with Gasteiger partial charge >= 0.3 is 5.97 Å². The van der Waals surface area contributed by atoms with Crippen LogP contribution in [0.15, 0.2) is 0 Å². The second-order valence-corrected chi connectivity index (χ2v) is 3.91. The minimum absolute atomic E-state index is 0.0777. The van der Waals surface area contributed by atoms with Gasteiger partial charge in [0.25, 0.3) is 0 Å². The minimum atomic E-state index is -0.800. The number of nitrogens with zero attached hydrogens (tertiary/aromatic N) is 1. The normalized spacial score (nSPS) is 12.1. The lowest BCUT2D eigenvalue weighted by Crippen LogP contribution is -2.38. The summed E-state index contributed by atoms with van der Waals surface area (Å²) in [6.45, 7) is 5.92. The summed E-state index contributed by atoms with van der Waals surface area (Å²) >= 11 is 0. The molecular weight excluding hydrogens is 220 g/mol. The van der Waals surface area contributed by atoms with E-state index >= 15 is 0 Å². The number of carboxylic acids is 1. The predicted molar refractivity (Wildman–Crippen MR) is 68.1 cm³/mol. The number of rotatable bonds is 9. The molecule has 0 bridgehead atoms. The van der Waals surface area contributed by atoms with Crippen LogP contribution in [0.25, 0.3) is 0 Å². The van der Waals surface area contributed by atoms with E-state index in [0.717, 1.165) is 12.8 Å². The number of hydrogen-bond acceptors (Lipinski definition) is 3. The Kier molecular flexibility index (Phi) is 8.13. The second kappa shape index (κ2) is 8.81. The van der Waals surface area contributed by atoms with Crippen molar-refractivity contribution in [3.05, 3.63) is 0 Å². The number of guanidine groups is 1. The summed E-state index contributed by atoms with van der Waals surface area (Å²) in [5.74, 6) is -0.722. The Morgan fingerprint density at radius 1 is 1.47 bits per heavy atom. The molecule has 0 saturated carbocycles. The summed E-state index contributed by atoms with van der Waals surface area (Å²) < 4.78 is 0. The van der Waals surface area contributed by atoms with Crippen molar-refractivity contribution in [1.82, 2.24) is 10.2 Å². The molecule has 0 aromatic heterocycles. The van der Waals surface area contributed by atoms with E-state index in [4.69, 9.17) is 16.2 Å². The van der Waals surface area contributed by atoms with Gasteiger partial charge in [0.15, 0.2) is 5.96 Å². The number of nitrogens with two attached hydrogens (primary N) is 1. The summed E-state index contributed by atoms with van der Waals surface area (Å²) in [6.07, 6.45) is 2.27. The Bertz CT molecular complexity index is 246. The molecule has 0 radical (unpaired) electrons. The number of likely N-dealkylation sites (N-methyl/N-ethyl adjacent to an activating group) is 1. The monoisotopic (exact) mass is 244 g/mol. The third-order valence-electron chi connectivity index (χ3n) is 2.64. The highest BCUT2D eigenvalue weighted by Gasteiger charge is 2.15. The molecule has 0 heterocycles. The van der Waals surface area contributed by atoms with Crippen LogP contribution < -0.4 is 11.1 Å². The van der Waals surface area contributed by atoms with Gasteiger partial charge in [-0.25, -0.2) is 0 Å². The Hall–Kier alpha value is -1.30. The van der Waals surface area contributed by atoms with Crippen molar-refractivity contribution in [2.75, 3.05) is 19.6 Å². The Balaban J connectivity index is 3.81. The Morgan fingerprint density at radius 2 is 2.12 bits per heavy atom. The Labute approximate surface area is 103 Å². The van der Waals surface area contributed by atoms with Gasteiger partial charge in [0.1, 0.15) is 6.04 Å². The van der Waals surface area contributed by atoms with E-state index in [1.54, 1.807) is 4.90 Å². The first-order chi connectivity index (χ1) is 8.02. The van der Waals surface area contributed by atoms with Crippen LogP contribution in [-0.4, -0.2) is 47.6 Å². The fourth-order valence-corrected chi connectivity index (χ4v) is 1.66. The lowest BCUT2D eigenvalue weighted by Gasteiger charge is -2.20. The molecule has 0 amide bonds. The average Bonchev–Trinajstić information content (AvgIpc) is 2.26. The largest absolute Gasteiger partial charge is 0.480 e. The molecule has 0 aromatic rings. The van der Waals surface area contributed by atoms with Crippen molar-refractivity contribution < 1.29 is 9.90 Å². The molecule has 0 aliphatic carbocycles. The molecule has 0 aliphatic heterocycles. The standard InChI is InChI=1S/C11H24N4O2/c1-3-14-9(10(16)17)7-5-6-8-15(4-2)11(12)13/h9,14H,3-8H2,1-2H3,(H3,12,13)(H,16,17)/t9-/m0/s1. The summed E-state index contributed by atoms with van der Waals surface area (Å²) in [5, 5.41) is 19.2. The highest BCUT2D eigenvalue weighted by atomic mass is 16.4. The van der Waals surface area contributed by atoms with Gasteiger partial charge in [-0.05, 0) is 32.7 Å². The van der Waals surface area contributed by atoms with E-state index in [9.17, 15) is 4.79 Å². The third kappa shape index (κ3) is 6.78. The lowest BCUT2D eigenvalue weighted by molar-refractivity contribution is -0.139. The highest BCUT2D eigenvalue weighted by molar-refractivity contribution is 5.74. The molecule has 0 saturated heterocycles. The number of nitrogens with one attached hydrogen (secondary N) is 2. The molecule has 0 spiro atoms. The highest BCUT2D eigenvalue weighted by Crippen LogP contribution is 2.03. The van der Waals surface area contributed by atoms with Crippen LogP contribution in [0.5, 0.6) is 0 Å². The third-order valence-corrected chi connectivity index (χ3v) is 2.64. The van der Waals surface area contributed by atoms with E-state index in [1.165, 1.54) is 0 Å². The molecule has 0 rings (SSSR count). The topological polar surface area (TPSA) is 102 Å². The molecule has 6 heteroatoms. The Morgan fingerprint density at radius 3 is 2.53 bits per heavy atom. The maximum absolute atomic E-state index is 10.9. The molecule has 1 atom stereocenters. The number of carbonyl (C=O) groups is 1. The van der Waals surface area contributed by atoms with Crippen molar-refractivity contribution in [3.8, 4) is 0 Å². The fourth-order valence-electron chi connectivity index (χ4n) is 1.66. The molecular formula is C11H24N4O2. The zero-order valence-electron chi connectivity index (χ0n) is 10.7. The van der Waals surface area contributed by atoms with Gasteiger partial charge in [0, 0.05) is 13.1 Å². The van der Waals surface area contributed by atoms with Crippen molar-refractivity contribution in [2.45, 2.75) is 39.2 Å². The molecule has 17 heavy (non-hydrogen) atoms. The molecule has 0 unspecified atom stereocenters. The SMILES string of the molecule is CCN[C@@H](CCCCN(CC)C(=N)N)C(=O)O. The van der Waals surface area contributed by atoms with E-state index in [2.05, 4.69) is 5.32 Å². The van der Waals surface area contributed by atoms with Crippen LogP contribution >= 0.6 is 0 Å². The lowest BCUT2D eigenvalue weighted by atomic mass is 10.1. The van der Waals surface area contributed by atoms with E-state index in [0.29, 0.717) is 26.1 Å². The van der Waals surface area contributed by atoms with Crippen LogP contribution in [0.4, 0.5) is 0 Å². The van der Waals surface area contributed by atoms with E-state index < -0.39 is 12.0 Å². The first-order valence-corrected chi connectivity index (χ1v) is 6.08. The van der Waals surface area contributed by atoms with Gasteiger partial charge in [0.05, 0.1) is 0 Å².